The van der Waals surface area contributed by atoms with Crippen LogP contribution in [0, 0.1) is 0 Å². The van der Waals surface area contributed by atoms with Crippen molar-refractivity contribution >= 4 is 29.0 Å². The van der Waals surface area contributed by atoms with Gasteiger partial charge in [-0.3, -0.25) is 4.99 Å². The molecule has 0 aromatic rings. The summed E-state index contributed by atoms with van der Waals surface area (Å²) in [6.07, 6.45) is 2.59. The number of guanidine groups is 1. The summed E-state index contributed by atoms with van der Waals surface area (Å²) in [5.41, 5.74) is 5.75. The number of hydrogen-bond donors (Lipinski definition) is 2. The van der Waals surface area contributed by atoms with Gasteiger partial charge in [-0.2, -0.15) is 0 Å². The van der Waals surface area contributed by atoms with Crippen LogP contribution in [0.25, 0.3) is 0 Å². The predicted molar refractivity (Wildman–Crippen MR) is 75.1 cm³/mol. The van der Waals surface area contributed by atoms with E-state index in [0.29, 0.717) is 12.6 Å². The maximum Gasteiger partial charge on any atom is 0.409 e. The van der Waals surface area contributed by atoms with Crippen LogP contribution in [0.15, 0.2) is 4.99 Å². The number of likely N-dealkylation sites (tertiary alicyclic amines) is 1. The fourth-order valence-corrected chi connectivity index (χ4v) is 2.47. The molecule has 0 bridgehead atoms. The Morgan fingerprint density at radius 2 is 2.17 bits per heavy atom. The third-order valence-corrected chi connectivity index (χ3v) is 3.51. The molecule has 1 spiro atoms. The molecule has 104 valence electrons. The van der Waals surface area contributed by atoms with Crippen molar-refractivity contribution in [2.24, 2.45) is 10.7 Å². The van der Waals surface area contributed by atoms with Crippen LogP contribution in [0.3, 0.4) is 0 Å². The van der Waals surface area contributed by atoms with E-state index >= 15 is 0 Å². The van der Waals surface area contributed by atoms with E-state index in [0.717, 1.165) is 38.9 Å². The maximum atomic E-state index is 11.6. The first-order chi connectivity index (χ1) is 8.15. The highest BCUT2D eigenvalue weighted by atomic mass is 79.9. The SMILES string of the molecule is Br.CCOC(=O)N1CCC2(CCN=C(N)N2)CC1. The molecule has 2 rings (SSSR count). The Balaban J connectivity index is 0.00000162. The van der Waals surface area contributed by atoms with Crippen LogP contribution >= 0.6 is 17.0 Å². The molecule has 6 nitrogen and oxygen atoms in total. The van der Waals surface area contributed by atoms with Crippen molar-refractivity contribution in [1.82, 2.24) is 10.2 Å². The number of nitrogens with one attached hydrogen (secondary N) is 1. The molecule has 1 saturated heterocycles. The number of piperidine rings is 1. The zero-order chi connectivity index (χ0) is 12.3. The Kier molecular flexibility index (Phi) is 5.25. The Bertz CT molecular complexity index is 327. The highest BCUT2D eigenvalue weighted by Gasteiger charge is 2.37. The molecule has 0 atom stereocenters. The van der Waals surface area contributed by atoms with E-state index in [9.17, 15) is 4.79 Å². The zero-order valence-electron chi connectivity index (χ0n) is 10.6. The van der Waals surface area contributed by atoms with Gasteiger partial charge in [-0.15, -0.1) is 17.0 Å². The number of halogens is 1. The lowest BCUT2D eigenvalue weighted by Gasteiger charge is -2.43. The molecule has 2 aliphatic rings. The van der Waals surface area contributed by atoms with Crippen molar-refractivity contribution in [3.8, 4) is 0 Å². The number of hydrogen-bond acceptors (Lipinski definition) is 5. The fourth-order valence-electron chi connectivity index (χ4n) is 2.47. The topological polar surface area (TPSA) is 80.0 Å². The number of aliphatic imine (C=N–C) groups is 1. The Labute approximate surface area is 118 Å². The van der Waals surface area contributed by atoms with E-state index in [1.54, 1.807) is 4.90 Å². The molecular weight excluding hydrogens is 300 g/mol. The summed E-state index contributed by atoms with van der Waals surface area (Å²) < 4.78 is 5.00. The van der Waals surface area contributed by atoms with Crippen LogP contribution in [-0.2, 0) is 4.74 Å². The van der Waals surface area contributed by atoms with Gasteiger partial charge in [0.25, 0.3) is 0 Å². The lowest BCUT2D eigenvalue weighted by atomic mass is 9.84. The summed E-state index contributed by atoms with van der Waals surface area (Å²) in [5, 5.41) is 3.27. The van der Waals surface area contributed by atoms with E-state index in [-0.39, 0.29) is 28.6 Å². The molecule has 1 fully saturated rings. The first-order valence-corrected chi connectivity index (χ1v) is 6.15. The average Bonchev–Trinajstić information content (AvgIpc) is 2.30. The first-order valence-electron chi connectivity index (χ1n) is 6.15. The van der Waals surface area contributed by atoms with Crippen molar-refractivity contribution < 1.29 is 9.53 Å². The van der Waals surface area contributed by atoms with Gasteiger partial charge in [0.05, 0.1) is 6.61 Å². The number of amides is 1. The second-order valence-electron chi connectivity index (χ2n) is 4.61. The average molecular weight is 321 g/mol. The smallest absolute Gasteiger partial charge is 0.409 e. The van der Waals surface area contributed by atoms with Crippen LogP contribution in [0.2, 0.25) is 0 Å². The van der Waals surface area contributed by atoms with Gasteiger partial charge in [-0.05, 0) is 26.2 Å². The summed E-state index contributed by atoms with van der Waals surface area (Å²) in [4.78, 5) is 17.5. The van der Waals surface area contributed by atoms with Crippen molar-refractivity contribution in [2.45, 2.75) is 31.7 Å². The van der Waals surface area contributed by atoms with Gasteiger partial charge in [0.1, 0.15) is 0 Å². The molecule has 0 saturated carbocycles. The predicted octanol–water partition coefficient (Wildman–Crippen LogP) is 0.863. The second-order valence-corrected chi connectivity index (χ2v) is 4.61. The van der Waals surface area contributed by atoms with E-state index in [2.05, 4.69) is 10.3 Å². The quantitative estimate of drug-likeness (QED) is 0.751. The number of nitrogens with two attached hydrogens (primary N) is 1. The lowest BCUT2D eigenvalue weighted by Crippen LogP contribution is -2.59. The van der Waals surface area contributed by atoms with Gasteiger partial charge in [0.15, 0.2) is 5.96 Å². The summed E-state index contributed by atoms with van der Waals surface area (Å²) in [6, 6.07) is 0. The summed E-state index contributed by atoms with van der Waals surface area (Å²) in [6.45, 7) is 4.47. The summed E-state index contributed by atoms with van der Waals surface area (Å²) >= 11 is 0. The fraction of sp³-hybridized carbons (Fsp3) is 0.818. The normalized spacial score (nSPS) is 21.6. The van der Waals surface area contributed by atoms with Crippen molar-refractivity contribution in [3.63, 3.8) is 0 Å². The van der Waals surface area contributed by atoms with Crippen molar-refractivity contribution in [2.75, 3.05) is 26.2 Å². The maximum absolute atomic E-state index is 11.6. The molecule has 18 heavy (non-hydrogen) atoms. The Morgan fingerprint density at radius 1 is 1.50 bits per heavy atom. The van der Waals surface area contributed by atoms with E-state index in [4.69, 9.17) is 10.5 Å². The van der Waals surface area contributed by atoms with E-state index < -0.39 is 0 Å². The molecule has 0 radical (unpaired) electrons. The third kappa shape index (κ3) is 3.28. The largest absolute Gasteiger partial charge is 0.450 e. The van der Waals surface area contributed by atoms with Gasteiger partial charge < -0.3 is 20.7 Å². The van der Waals surface area contributed by atoms with Gasteiger partial charge in [-0.25, -0.2) is 4.79 Å². The summed E-state index contributed by atoms with van der Waals surface area (Å²) in [7, 11) is 0. The minimum absolute atomic E-state index is 0. The van der Waals surface area contributed by atoms with Crippen molar-refractivity contribution in [3.05, 3.63) is 0 Å². The van der Waals surface area contributed by atoms with Crippen molar-refractivity contribution in [1.29, 1.82) is 0 Å². The molecular formula is C11H21BrN4O2. The molecule has 2 aliphatic heterocycles. The van der Waals surface area contributed by atoms with Crippen LogP contribution in [0.5, 0.6) is 0 Å². The molecule has 7 heteroatoms. The Hall–Kier alpha value is -0.980. The number of rotatable bonds is 1. The molecule has 0 unspecified atom stereocenters. The molecule has 3 N–H and O–H groups in total. The highest BCUT2D eigenvalue weighted by molar-refractivity contribution is 8.93. The van der Waals surface area contributed by atoms with Crippen LogP contribution in [-0.4, -0.2) is 48.7 Å². The highest BCUT2D eigenvalue weighted by Crippen LogP contribution is 2.27. The minimum Gasteiger partial charge on any atom is -0.450 e. The van der Waals surface area contributed by atoms with Crippen LogP contribution in [0.1, 0.15) is 26.2 Å². The first kappa shape index (κ1) is 15.1. The third-order valence-electron chi connectivity index (χ3n) is 3.51. The molecule has 1 amide bonds. The van der Waals surface area contributed by atoms with Gasteiger partial charge in [0, 0.05) is 25.2 Å². The van der Waals surface area contributed by atoms with Gasteiger partial charge >= 0.3 is 6.09 Å². The minimum atomic E-state index is -0.209. The van der Waals surface area contributed by atoms with Crippen LogP contribution in [0.4, 0.5) is 4.79 Å². The van der Waals surface area contributed by atoms with E-state index in [1.165, 1.54) is 0 Å². The monoisotopic (exact) mass is 320 g/mol. The zero-order valence-corrected chi connectivity index (χ0v) is 12.4. The lowest BCUT2D eigenvalue weighted by molar-refractivity contribution is 0.0820. The van der Waals surface area contributed by atoms with Crippen LogP contribution < -0.4 is 11.1 Å². The molecule has 0 aromatic carbocycles. The van der Waals surface area contributed by atoms with Gasteiger partial charge in [0.2, 0.25) is 0 Å². The number of nitrogens with zero attached hydrogens (tertiary/aromatic N) is 2. The molecule has 2 heterocycles. The molecule has 0 aliphatic carbocycles. The summed E-state index contributed by atoms with van der Waals surface area (Å²) in [5.74, 6) is 0.529. The Morgan fingerprint density at radius 3 is 2.72 bits per heavy atom. The second kappa shape index (κ2) is 6.26. The number of carbonyl (C=O) groups is 1. The van der Waals surface area contributed by atoms with E-state index in [1.807, 2.05) is 6.92 Å². The number of ether oxygens (including phenoxy) is 1. The number of carbonyl (C=O) groups excluding carboxylic acids is 1. The van der Waals surface area contributed by atoms with Gasteiger partial charge in [-0.1, -0.05) is 0 Å². The molecule has 0 aromatic heterocycles. The standard InChI is InChI=1S/C11H20N4O2.BrH/c1-2-17-10(16)15-7-4-11(5-8-15)3-6-13-9(12)14-11;/h2-8H2,1H3,(H3,12,13,14);1H.